The average Bonchev–Trinajstić information content (AvgIpc) is 3.52. The minimum atomic E-state index is -0.693. The van der Waals surface area contributed by atoms with Gasteiger partial charge >= 0.3 is 5.97 Å². The summed E-state index contributed by atoms with van der Waals surface area (Å²) >= 11 is 1.63. The number of esters is 1. The van der Waals surface area contributed by atoms with Crippen molar-refractivity contribution in [1.29, 1.82) is 0 Å². The van der Waals surface area contributed by atoms with Crippen LogP contribution in [-0.2, 0) is 14.3 Å². The molecule has 2 aromatic rings. The molecule has 2 heterocycles. The summed E-state index contributed by atoms with van der Waals surface area (Å²) in [5.74, 6) is -1.11. The fourth-order valence-corrected chi connectivity index (χ4v) is 6.24. The molecule has 0 saturated heterocycles. The van der Waals surface area contributed by atoms with Gasteiger partial charge in [-0.2, -0.15) is 0 Å². The maximum atomic E-state index is 13.6. The summed E-state index contributed by atoms with van der Waals surface area (Å²) in [6, 6.07) is 10.3. The van der Waals surface area contributed by atoms with Crippen molar-refractivity contribution in [3.63, 3.8) is 0 Å². The number of rotatable bonds is 5. The average molecular weight is 479 g/mol. The zero-order valence-corrected chi connectivity index (χ0v) is 19.7. The van der Waals surface area contributed by atoms with Crippen molar-refractivity contribution in [2.75, 3.05) is 0 Å². The highest BCUT2D eigenvalue weighted by molar-refractivity contribution is 7.10. The molecule has 7 nitrogen and oxygen atoms in total. The van der Waals surface area contributed by atoms with Crippen molar-refractivity contribution in [2.24, 2.45) is 0 Å². The molecular weight excluding hydrogens is 452 g/mol. The number of hydrogen-bond donors (Lipinski definition) is 1. The predicted molar refractivity (Wildman–Crippen MR) is 128 cm³/mol. The molecule has 0 spiro atoms. The van der Waals surface area contributed by atoms with Crippen LogP contribution in [0.4, 0.5) is 5.69 Å². The van der Waals surface area contributed by atoms with E-state index in [-0.39, 0.29) is 23.5 Å². The predicted octanol–water partition coefficient (Wildman–Crippen LogP) is 5.50. The summed E-state index contributed by atoms with van der Waals surface area (Å²) in [6.45, 7) is 1.82. The Morgan fingerprint density at radius 2 is 1.97 bits per heavy atom. The van der Waals surface area contributed by atoms with Crippen LogP contribution in [0.2, 0.25) is 0 Å². The number of nitro benzene ring substituents is 1. The number of ether oxygens (including phenoxy) is 1. The van der Waals surface area contributed by atoms with Gasteiger partial charge in [0.1, 0.15) is 6.10 Å². The molecule has 2 atom stereocenters. The van der Waals surface area contributed by atoms with Crippen molar-refractivity contribution >= 4 is 28.8 Å². The lowest BCUT2D eigenvalue weighted by Crippen LogP contribution is -2.36. The Hall–Kier alpha value is -3.26. The Balaban J connectivity index is 1.58. The van der Waals surface area contributed by atoms with Gasteiger partial charge in [-0.05, 0) is 56.0 Å². The van der Waals surface area contributed by atoms with Crippen LogP contribution in [0, 0.1) is 10.1 Å². The molecule has 0 amide bonds. The summed E-state index contributed by atoms with van der Waals surface area (Å²) < 4.78 is 5.84. The molecule has 5 rings (SSSR count). The Kier molecular flexibility index (Phi) is 6.08. The SMILES string of the molecule is CC1=C(C(=O)OC2CCCC2)C(c2cccc([N+](=O)[O-])c2)C2=C(CC(c3cccs3)CC2=O)N1. The molecule has 34 heavy (non-hydrogen) atoms. The normalized spacial score (nSPS) is 23.0. The summed E-state index contributed by atoms with van der Waals surface area (Å²) in [5, 5.41) is 16.8. The van der Waals surface area contributed by atoms with E-state index in [1.54, 1.807) is 23.5 Å². The van der Waals surface area contributed by atoms with Crippen molar-refractivity contribution in [2.45, 2.75) is 63.4 Å². The van der Waals surface area contributed by atoms with Gasteiger partial charge in [0, 0.05) is 52.2 Å². The lowest BCUT2D eigenvalue weighted by molar-refractivity contribution is -0.384. The van der Waals surface area contributed by atoms with Crippen molar-refractivity contribution in [3.8, 4) is 0 Å². The van der Waals surface area contributed by atoms with Gasteiger partial charge in [-0.1, -0.05) is 18.2 Å². The maximum absolute atomic E-state index is 13.6. The highest BCUT2D eigenvalue weighted by atomic mass is 32.1. The van der Waals surface area contributed by atoms with Crippen LogP contribution >= 0.6 is 11.3 Å². The molecule has 1 aromatic carbocycles. The van der Waals surface area contributed by atoms with Gasteiger partial charge in [0.05, 0.1) is 10.5 Å². The van der Waals surface area contributed by atoms with E-state index in [0.717, 1.165) is 36.3 Å². The van der Waals surface area contributed by atoms with Gasteiger partial charge in [-0.15, -0.1) is 11.3 Å². The Morgan fingerprint density at radius 1 is 1.18 bits per heavy atom. The van der Waals surface area contributed by atoms with Crippen LogP contribution < -0.4 is 5.32 Å². The molecule has 2 aliphatic carbocycles. The number of non-ortho nitro benzene ring substituents is 1. The van der Waals surface area contributed by atoms with Gasteiger partial charge in [0.25, 0.3) is 5.69 Å². The molecule has 3 aliphatic rings. The fourth-order valence-electron chi connectivity index (χ4n) is 5.41. The first-order valence-electron chi connectivity index (χ1n) is 11.6. The number of nitro groups is 1. The minimum absolute atomic E-state index is 0.0395. The molecule has 2 unspecified atom stereocenters. The van der Waals surface area contributed by atoms with Gasteiger partial charge in [-0.25, -0.2) is 4.79 Å². The van der Waals surface area contributed by atoms with E-state index in [0.29, 0.717) is 35.2 Å². The van der Waals surface area contributed by atoms with Crippen LogP contribution in [0.1, 0.15) is 67.7 Å². The minimum Gasteiger partial charge on any atom is -0.459 e. The quantitative estimate of drug-likeness (QED) is 0.346. The second-order valence-electron chi connectivity index (χ2n) is 9.20. The van der Waals surface area contributed by atoms with Gasteiger partial charge < -0.3 is 10.1 Å². The highest BCUT2D eigenvalue weighted by Crippen LogP contribution is 2.47. The number of thiophene rings is 1. The molecule has 0 bridgehead atoms. The van der Waals surface area contributed by atoms with Crippen molar-refractivity contribution < 1.29 is 19.2 Å². The first-order chi connectivity index (χ1) is 16.4. The van der Waals surface area contributed by atoms with Crippen LogP contribution in [0.3, 0.4) is 0 Å². The molecule has 1 aromatic heterocycles. The second-order valence-corrected chi connectivity index (χ2v) is 10.2. The molecular formula is C26H26N2O5S. The topological polar surface area (TPSA) is 98.5 Å². The van der Waals surface area contributed by atoms with Gasteiger partial charge in [-0.3, -0.25) is 14.9 Å². The zero-order valence-electron chi connectivity index (χ0n) is 18.9. The van der Waals surface area contributed by atoms with Crippen LogP contribution in [-0.4, -0.2) is 22.8 Å². The number of carbonyl (C=O) groups excluding carboxylic acids is 2. The number of allylic oxidation sites excluding steroid dienone is 3. The van der Waals surface area contributed by atoms with Crippen LogP contribution in [0.5, 0.6) is 0 Å². The molecule has 1 saturated carbocycles. The summed E-state index contributed by atoms with van der Waals surface area (Å²) in [4.78, 5) is 39.1. The summed E-state index contributed by atoms with van der Waals surface area (Å²) in [5.41, 5.74) is 2.81. The summed E-state index contributed by atoms with van der Waals surface area (Å²) in [7, 11) is 0. The lowest BCUT2D eigenvalue weighted by Gasteiger charge is -2.36. The molecule has 8 heteroatoms. The molecule has 1 aliphatic heterocycles. The second kappa shape index (κ2) is 9.18. The Morgan fingerprint density at radius 3 is 2.68 bits per heavy atom. The van der Waals surface area contributed by atoms with E-state index in [2.05, 4.69) is 5.32 Å². The Bertz CT molecular complexity index is 1210. The molecule has 1 N–H and O–H groups in total. The monoisotopic (exact) mass is 478 g/mol. The third-order valence-electron chi connectivity index (χ3n) is 6.98. The maximum Gasteiger partial charge on any atom is 0.337 e. The lowest BCUT2D eigenvalue weighted by atomic mass is 9.72. The number of nitrogens with zero attached hydrogens (tertiary/aromatic N) is 1. The van der Waals surface area contributed by atoms with E-state index < -0.39 is 16.8 Å². The summed E-state index contributed by atoms with van der Waals surface area (Å²) in [6.07, 6.45) is 4.59. The number of dihydropyridines is 1. The third-order valence-corrected chi connectivity index (χ3v) is 8.02. The van der Waals surface area contributed by atoms with E-state index in [4.69, 9.17) is 4.74 Å². The largest absolute Gasteiger partial charge is 0.459 e. The standard InChI is InChI=1S/C26H26N2O5S/c1-15-23(26(30)33-19-8-2-3-9-19)24(16-6-4-7-18(12-16)28(31)32)25-20(27-15)13-17(14-21(25)29)22-10-5-11-34-22/h4-7,10-12,17,19,24,27H,2-3,8-9,13-14H2,1H3. The van der Waals surface area contributed by atoms with E-state index in [9.17, 15) is 19.7 Å². The Labute approximate surface area is 201 Å². The highest BCUT2D eigenvalue weighted by Gasteiger charge is 2.42. The molecule has 0 radical (unpaired) electrons. The van der Waals surface area contributed by atoms with Gasteiger partial charge in [0.15, 0.2) is 5.78 Å². The third kappa shape index (κ3) is 4.18. The number of hydrogen-bond acceptors (Lipinski definition) is 7. The van der Waals surface area contributed by atoms with Gasteiger partial charge in [0.2, 0.25) is 0 Å². The first kappa shape index (κ1) is 22.5. The number of carbonyl (C=O) groups is 2. The molecule has 1 fully saturated rings. The van der Waals surface area contributed by atoms with E-state index >= 15 is 0 Å². The van der Waals surface area contributed by atoms with Crippen LogP contribution in [0.15, 0.2) is 64.3 Å². The smallest absolute Gasteiger partial charge is 0.337 e. The number of ketones is 1. The van der Waals surface area contributed by atoms with Crippen molar-refractivity contribution in [1.82, 2.24) is 5.32 Å². The number of Topliss-reactive ketones (excluding diaryl/α,β-unsaturated/α-hetero) is 1. The molecule has 176 valence electrons. The van der Waals surface area contributed by atoms with Crippen LogP contribution in [0.25, 0.3) is 0 Å². The number of nitrogens with one attached hydrogen (secondary N) is 1. The first-order valence-corrected chi connectivity index (χ1v) is 12.5. The van der Waals surface area contributed by atoms with Crippen molar-refractivity contribution in [3.05, 3.63) is 84.9 Å². The fraction of sp³-hybridized carbons (Fsp3) is 0.385. The van der Waals surface area contributed by atoms with E-state index in [1.165, 1.54) is 12.1 Å². The number of benzene rings is 1. The zero-order chi connectivity index (χ0) is 23.8. The van der Waals surface area contributed by atoms with E-state index in [1.807, 2.05) is 24.4 Å².